The van der Waals surface area contributed by atoms with E-state index in [0.717, 1.165) is 5.56 Å². The Morgan fingerprint density at radius 1 is 1.40 bits per heavy atom. The summed E-state index contributed by atoms with van der Waals surface area (Å²) in [5.41, 5.74) is 3.90. The molecule has 1 aromatic rings. The molecule has 15 heavy (non-hydrogen) atoms. The summed E-state index contributed by atoms with van der Waals surface area (Å²) in [5.74, 6) is 0. The van der Waals surface area contributed by atoms with Crippen molar-refractivity contribution in [1.82, 2.24) is 0 Å². The van der Waals surface area contributed by atoms with Crippen molar-refractivity contribution >= 4 is 23.0 Å². The molecule has 0 bridgehead atoms. The predicted octanol–water partition coefficient (Wildman–Crippen LogP) is 2.46. The maximum Gasteiger partial charge on any atom is 0.237 e. The molecule has 0 fully saturated rings. The summed E-state index contributed by atoms with van der Waals surface area (Å²) in [6.07, 6.45) is 0. The Morgan fingerprint density at radius 3 is 2.67 bits per heavy atom. The highest BCUT2D eigenvalue weighted by Gasteiger charge is 1.99. The van der Waals surface area contributed by atoms with Gasteiger partial charge in [-0.2, -0.15) is 15.6 Å². The van der Waals surface area contributed by atoms with Gasteiger partial charge in [0.15, 0.2) is 0 Å². The van der Waals surface area contributed by atoms with Crippen LogP contribution in [0, 0.1) is 29.6 Å². The summed E-state index contributed by atoms with van der Waals surface area (Å²) in [6, 6.07) is 8.62. The third-order valence-corrected chi connectivity index (χ3v) is 1.95. The number of anilines is 1. The van der Waals surface area contributed by atoms with E-state index in [0.29, 0.717) is 10.7 Å². The smallest absolute Gasteiger partial charge is 0.237 e. The number of aryl methyl sites for hydroxylation is 1. The van der Waals surface area contributed by atoms with Gasteiger partial charge in [0.1, 0.15) is 12.1 Å². The van der Waals surface area contributed by atoms with Gasteiger partial charge in [-0.25, -0.2) is 0 Å². The molecule has 1 N–H and O–H groups in total. The van der Waals surface area contributed by atoms with Gasteiger partial charge in [0.25, 0.3) is 0 Å². The lowest BCUT2D eigenvalue weighted by Crippen LogP contribution is -1.97. The number of nitrogens with zero attached hydrogens (tertiary/aromatic N) is 3. The molecule has 1 rings (SSSR count). The van der Waals surface area contributed by atoms with Gasteiger partial charge in [0, 0.05) is 0 Å². The maximum atomic E-state index is 8.45. The van der Waals surface area contributed by atoms with E-state index < -0.39 is 0 Å². The normalized spacial score (nSPS) is 8.53. The molecule has 0 atom stereocenters. The largest absolute Gasteiger partial charge is 0.275 e. The van der Waals surface area contributed by atoms with Crippen LogP contribution in [0.2, 0.25) is 5.02 Å². The molecule has 0 aromatic heterocycles. The first-order chi connectivity index (χ1) is 7.17. The van der Waals surface area contributed by atoms with Gasteiger partial charge >= 0.3 is 0 Å². The molecule has 0 unspecified atom stereocenters. The lowest BCUT2D eigenvalue weighted by Gasteiger charge is -2.03. The molecule has 5 heteroatoms. The zero-order valence-electron chi connectivity index (χ0n) is 7.95. The van der Waals surface area contributed by atoms with E-state index in [4.69, 9.17) is 22.1 Å². The average Bonchev–Trinajstić information content (AvgIpc) is 2.24. The lowest BCUT2D eigenvalue weighted by molar-refractivity contribution is 1.32. The zero-order valence-corrected chi connectivity index (χ0v) is 8.71. The quantitative estimate of drug-likeness (QED) is 0.612. The molecule has 0 spiro atoms. The summed E-state index contributed by atoms with van der Waals surface area (Å²) < 4.78 is 0. The summed E-state index contributed by atoms with van der Waals surface area (Å²) in [6.45, 7) is 1.90. The topological polar surface area (TPSA) is 72.0 Å². The van der Waals surface area contributed by atoms with Gasteiger partial charge in [0.05, 0.1) is 10.7 Å². The Balaban J connectivity index is 2.92. The van der Waals surface area contributed by atoms with Crippen molar-refractivity contribution in [2.45, 2.75) is 6.92 Å². The first-order valence-corrected chi connectivity index (χ1v) is 4.45. The fourth-order valence-corrected chi connectivity index (χ4v) is 1.08. The molecular weight excluding hydrogens is 212 g/mol. The molecular formula is C10H7ClN4. The van der Waals surface area contributed by atoms with E-state index in [1.165, 1.54) is 0 Å². The Kier molecular flexibility index (Phi) is 3.68. The summed E-state index contributed by atoms with van der Waals surface area (Å²) in [4.78, 5) is 0. The number of nitriles is 2. The van der Waals surface area contributed by atoms with Gasteiger partial charge in [-0.15, -0.1) is 0 Å². The van der Waals surface area contributed by atoms with Crippen LogP contribution >= 0.6 is 11.6 Å². The number of nitrogens with one attached hydrogen (secondary N) is 1. The summed E-state index contributed by atoms with van der Waals surface area (Å²) >= 11 is 5.87. The van der Waals surface area contributed by atoms with E-state index in [1.807, 2.05) is 13.0 Å². The number of hydrogen-bond donors (Lipinski definition) is 1. The number of halogens is 1. The first kappa shape index (κ1) is 11.0. The minimum Gasteiger partial charge on any atom is -0.275 e. The fourth-order valence-electron chi connectivity index (χ4n) is 0.916. The molecule has 0 heterocycles. The van der Waals surface area contributed by atoms with Crippen LogP contribution in [0.4, 0.5) is 5.69 Å². The molecule has 74 valence electrons. The van der Waals surface area contributed by atoms with Crippen molar-refractivity contribution in [2.75, 3.05) is 5.43 Å². The van der Waals surface area contributed by atoms with Gasteiger partial charge in [-0.3, -0.25) is 5.43 Å². The van der Waals surface area contributed by atoms with Gasteiger partial charge in [0.2, 0.25) is 5.71 Å². The molecule has 0 aliphatic heterocycles. The highest BCUT2D eigenvalue weighted by molar-refractivity contribution is 6.33. The Bertz CT molecular complexity index is 463. The van der Waals surface area contributed by atoms with Crippen molar-refractivity contribution in [1.29, 1.82) is 10.5 Å². The number of hydrazone groups is 1. The highest BCUT2D eigenvalue weighted by atomic mass is 35.5. The van der Waals surface area contributed by atoms with Crippen LogP contribution in [0.1, 0.15) is 5.56 Å². The highest BCUT2D eigenvalue weighted by Crippen LogP contribution is 2.22. The van der Waals surface area contributed by atoms with Crippen molar-refractivity contribution < 1.29 is 0 Å². The maximum absolute atomic E-state index is 8.45. The summed E-state index contributed by atoms with van der Waals surface area (Å²) in [7, 11) is 0. The number of rotatable bonds is 2. The van der Waals surface area contributed by atoms with Gasteiger partial charge in [-0.05, 0) is 24.6 Å². The standard InChI is InChI=1S/C10H7ClN4/c1-7-2-3-9(11)10(4-7)15-14-8(5-12)6-13/h2-4,15H,1H3. The van der Waals surface area contributed by atoms with Crippen molar-refractivity contribution in [3.63, 3.8) is 0 Å². The van der Waals surface area contributed by atoms with Crippen LogP contribution in [0.5, 0.6) is 0 Å². The van der Waals surface area contributed by atoms with Gasteiger partial charge in [-0.1, -0.05) is 17.7 Å². The van der Waals surface area contributed by atoms with Gasteiger partial charge < -0.3 is 0 Å². The molecule has 0 saturated carbocycles. The third kappa shape index (κ3) is 2.98. The predicted molar refractivity (Wildman–Crippen MR) is 58.5 cm³/mol. The third-order valence-electron chi connectivity index (χ3n) is 1.62. The zero-order chi connectivity index (χ0) is 11.3. The minimum atomic E-state index is -0.243. The van der Waals surface area contributed by atoms with Crippen molar-refractivity contribution in [3.05, 3.63) is 28.8 Å². The second-order valence-corrected chi connectivity index (χ2v) is 3.19. The van der Waals surface area contributed by atoms with Crippen LogP contribution in [0.15, 0.2) is 23.3 Å². The molecule has 0 radical (unpaired) electrons. The molecule has 1 aromatic carbocycles. The van der Waals surface area contributed by atoms with E-state index >= 15 is 0 Å². The second kappa shape index (κ2) is 4.99. The van der Waals surface area contributed by atoms with Crippen molar-refractivity contribution in [3.8, 4) is 12.1 Å². The second-order valence-electron chi connectivity index (χ2n) is 2.78. The molecule has 0 aliphatic rings. The monoisotopic (exact) mass is 218 g/mol. The van der Waals surface area contributed by atoms with E-state index in [2.05, 4.69) is 10.5 Å². The lowest BCUT2D eigenvalue weighted by atomic mass is 10.2. The Labute approximate surface area is 92.4 Å². The molecule has 0 saturated heterocycles. The van der Waals surface area contributed by atoms with E-state index in [-0.39, 0.29) is 5.71 Å². The SMILES string of the molecule is Cc1ccc(Cl)c(NN=C(C#N)C#N)c1. The van der Waals surface area contributed by atoms with Crippen LogP contribution in [0.3, 0.4) is 0 Å². The van der Waals surface area contributed by atoms with Crippen LogP contribution in [-0.4, -0.2) is 5.71 Å². The summed E-state index contributed by atoms with van der Waals surface area (Å²) in [5, 5.41) is 21.0. The minimum absolute atomic E-state index is 0.243. The first-order valence-electron chi connectivity index (χ1n) is 4.07. The molecule has 4 nitrogen and oxygen atoms in total. The molecule has 0 aliphatic carbocycles. The van der Waals surface area contributed by atoms with Crippen LogP contribution in [-0.2, 0) is 0 Å². The number of benzene rings is 1. The fraction of sp³-hybridized carbons (Fsp3) is 0.100. The van der Waals surface area contributed by atoms with Crippen molar-refractivity contribution in [2.24, 2.45) is 5.10 Å². The Hall–Kier alpha value is -2.04. The van der Waals surface area contributed by atoms with E-state index in [1.54, 1.807) is 24.3 Å². The van der Waals surface area contributed by atoms with Crippen LogP contribution < -0.4 is 5.43 Å². The average molecular weight is 219 g/mol. The Morgan fingerprint density at radius 2 is 2.07 bits per heavy atom. The van der Waals surface area contributed by atoms with E-state index in [9.17, 15) is 0 Å². The number of hydrogen-bond acceptors (Lipinski definition) is 4. The molecule has 0 amide bonds. The van der Waals surface area contributed by atoms with Crippen LogP contribution in [0.25, 0.3) is 0 Å².